The van der Waals surface area contributed by atoms with E-state index in [0.717, 1.165) is 27.6 Å². The Morgan fingerprint density at radius 2 is 1.10 bits per heavy atom. The normalized spacial score (nSPS) is 16.4. The number of fused-ring (bicyclic) bond motifs is 9. The summed E-state index contributed by atoms with van der Waals surface area (Å²) in [5.41, 5.74) is 14.1. The number of anilines is 2. The lowest BCUT2D eigenvalue weighted by Gasteiger charge is -2.28. The van der Waals surface area contributed by atoms with Crippen molar-refractivity contribution in [2.45, 2.75) is 12.0 Å². The second-order valence-corrected chi connectivity index (χ2v) is 13.7. The lowest BCUT2D eigenvalue weighted by Crippen LogP contribution is -2.28. The second kappa shape index (κ2) is 11.0. The van der Waals surface area contributed by atoms with Gasteiger partial charge in [0.15, 0.2) is 0 Å². The van der Waals surface area contributed by atoms with Crippen LogP contribution in [-0.4, -0.2) is 10.6 Å². The first-order valence-electron chi connectivity index (χ1n) is 17.7. The van der Waals surface area contributed by atoms with Crippen LogP contribution in [0.15, 0.2) is 186 Å². The van der Waals surface area contributed by atoms with Crippen molar-refractivity contribution in [2.75, 3.05) is 4.90 Å². The summed E-state index contributed by atoms with van der Waals surface area (Å²) in [5, 5.41) is 4.83. The Labute approximate surface area is 295 Å². The highest BCUT2D eigenvalue weighted by Crippen LogP contribution is 2.50. The van der Waals surface area contributed by atoms with Gasteiger partial charge in [-0.25, -0.2) is 0 Å². The number of rotatable bonds is 4. The van der Waals surface area contributed by atoms with Gasteiger partial charge in [-0.15, -0.1) is 0 Å². The Morgan fingerprint density at radius 1 is 0.431 bits per heavy atom. The zero-order chi connectivity index (χ0) is 33.5. The van der Waals surface area contributed by atoms with Crippen LogP contribution in [0.25, 0.3) is 71.7 Å². The molecule has 0 N–H and O–H groups in total. The SMILES string of the molecule is C1=CC2c3cc(-c4ccc5c(c4)c4ccccc4n5-c4ccc(-c5ccccc5)cc4)ccc3N(c3ccc4oc5ccccc5c4c3)C2C=C1. The summed E-state index contributed by atoms with van der Waals surface area (Å²) in [6.07, 6.45) is 9.08. The Bertz CT molecular complexity index is 2870. The van der Waals surface area contributed by atoms with Crippen molar-refractivity contribution >= 4 is 55.1 Å². The minimum atomic E-state index is 0.213. The average molecular weight is 653 g/mol. The number of furan rings is 1. The molecule has 51 heavy (non-hydrogen) atoms. The highest BCUT2D eigenvalue weighted by atomic mass is 16.3. The predicted molar refractivity (Wildman–Crippen MR) is 212 cm³/mol. The van der Waals surface area contributed by atoms with E-state index in [-0.39, 0.29) is 12.0 Å². The molecule has 7 aromatic carbocycles. The second-order valence-electron chi connectivity index (χ2n) is 13.7. The monoisotopic (exact) mass is 652 g/mol. The minimum absolute atomic E-state index is 0.213. The van der Waals surface area contributed by atoms with Crippen LogP contribution in [0.2, 0.25) is 0 Å². The van der Waals surface area contributed by atoms with Crippen molar-refractivity contribution < 1.29 is 4.42 Å². The molecule has 0 bridgehead atoms. The molecule has 0 saturated carbocycles. The molecule has 0 amide bonds. The minimum Gasteiger partial charge on any atom is -0.456 e. The highest BCUT2D eigenvalue weighted by Gasteiger charge is 2.37. The van der Waals surface area contributed by atoms with Gasteiger partial charge in [0.05, 0.1) is 17.1 Å². The number of benzene rings is 7. The Morgan fingerprint density at radius 3 is 2.00 bits per heavy atom. The first-order valence-corrected chi connectivity index (χ1v) is 17.7. The predicted octanol–water partition coefficient (Wildman–Crippen LogP) is 12.7. The van der Waals surface area contributed by atoms with Gasteiger partial charge < -0.3 is 13.9 Å². The van der Waals surface area contributed by atoms with Gasteiger partial charge in [0.1, 0.15) is 11.2 Å². The smallest absolute Gasteiger partial charge is 0.135 e. The molecule has 0 saturated heterocycles. The third kappa shape index (κ3) is 4.31. The van der Waals surface area contributed by atoms with Crippen LogP contribution >= 0.6 is 0 Å². The lowest BCUT2D eigenvalue weighted by molar-refractivity contribution is 0.669. The maximum Gasteiger partial charge on any atom is 0.135 e. The van der Waals surface area contributed by atoms with Gasteiger partial charge in [0.25, 0.3) is 0 Å². The van der Waals surface area contributed by atoms with Gasteiger partial charge in [-0.2, -0.15) is 0 Å². The third-order valence-electron chi connectivity index (χ3n) is 10.9. The van der Waals surface area contributed by atoms with Crippen LogP contribution in [0.3, 0.4) is 0 Å². The molecule has 2 aromatic heterocycles. The van der Waals surface area contributed by atoms with Crippen LogP contribution < -0.4 is 4.90 Å². The Balaban J connectivity index is 1.01. The van der Waals surface area contributed by atoms with E-state index in [1.165, 1.54) is 61.0 Å². The Hall–Kier alpha value is -6.58. The quantitative estimate of drug-likeness (QED) is 0.189. The van der Waals surface area contributed by atoms with Crippen LogP contribution in [0.4, 0.5) is 11.4 Å². The summed E-state index contributed by atoms with van der Waals surface area (Å²) in [4.78, 5) is 2.50. The van der Waals surface area contributed by atoms with E-state index in [9.17, 15) is 0 Å². The molecule has 3 heterocycles. The molecule has 2 aliphatic rings. The maximum atomic E-state index is 6.17. The van der Waals surface area contributed by atoms with E-state index in [0.29, 0.717) is 0 Å². The van der Waals surface area contributed by atoms with Crippen LogP contribution in [0.1, 0.15) is 11.5 Å². The van der Waals surface area contributed by atoms with E-state index in [4.69, 9.17) is 4.42 Å². The lowest BCUT2D eigenvalue weighted by atomic mass is 9.89. The molecule has 1 aliphatic heterocycles. The van der Waals surface area contributed by atoms with Crippen molar-refractivity contribution in [3.8, 4) is 27.9 Å². The molecular formula is C48H32N2O. The van der Waals surface area contributed by atoms with Crippen LogP contribution in [0.5, 0.6) is 0 Å². The molecule has 3 nitrogen and oxygen atoms in total. The van der Waals surface area contributed by atoms with Crippen molar-refractivity contribution in [1.82, 2.24) is 4.57 Å². The highest BCUT2D eigenvalue weighted by molar-refractivity contribution is 6.10. The summed E-state index contributed by atoms with van der Waals surface area (Å²) in [6, 6.07) is 57.4. The summed E-state index contributed by atoms with van der Waals surface area (Å²) >= 11 is 0. The molecule has 2 unspecified atom stereocenters. The topological polar surface area (TPSA) is 21.3 Å². The van der Waals surface area contributed by atoms with Gasteiger partial charge in [0.2, 0.25) is 0 Å². The van der Waals surface area contributed by atoms with E-state index in [1.54, 1.807) is 0 Å². The molecular weight excluding hydrogens is 621 g/mol. The molecule has 1 aliphatic carbocycles. The number of hydrogen-bond donors (Lipinski definition) is 0. The molecule has 240 valence electrons. The van der Waals surface area contributed by atoms with Gasteiger partial charge in [-0.3, -0.25) is 0 Å². The van der Waals surface area contributed by atoms with E-state index in [1.807, 2.05) is 12.1 Å². The van der Waals surface area contributed by atoms with Crippen molar-refractivity contribution in [2.24, 2.45) is 0 Å². The van der Waals surface area contributed by atoms with E-state index < -0.39 is 0 Å². The first kappa shape index (κ1) is 28.3. The molecule has 0 spiro atoms. The fourth-order valence-electron chi connectivity index (χ4n) is 8.55. The molecule has 9 aromatic rings. The van der Waals surface area contributed by atoms with Gasteiger partial charge in [-0.05, 0) is 94.5 Å². The third-order valence-corrected chi connectivity index (χ3v) is 10.9. The molecule has 0 fully saturated rings. The number of aromatic nitrogens is 1. The van der Waals surface area contributed by atoms with Gasteiger partial charge in [-0.1, -0.05) is 115 Å². The molecule has 11 rings (SSSR count). The summed E-state index contributed by atoms with van der Waals surface area (Å²) in [5.74, 6) is 0.270. The summed E-state index contributed by atoms with van der Waals surface area (Å²) in [7, 11) is 0. The summed E-state index contributed by atoms with van der Waals surface area (Å²) < 4.78 is 8.57. The van der Waals surface area contributed by atoms with Gasteiger partial charge in [0, 0.05) is 44.5 Å². The fourth-order valence-corrected chi connectivity index (χ4v) is 8.55. The van der Waals surface area contributed by atoms with Crippen LogP contribution in [-0.2, 0) is 0 Å². The number of allylic oxidation sites excluding steroid dienone is 2. The average Bonchev–Trinajstić information content (AvgIpc) is 3.85. The Kier molecular flexibility index (Phi) is 6.08. The summed E-state index contributed by atoms with van der Waals surface area (Å²) in [6.45, 7) is 0. The first-order chi connectivity index (χ1) is 25.3. The number of para-hydroxylation sites is 2. The van der Waals surface area contributed by atoms with Crippen molar-refractivity contribution in [3.05, 3.63) is 188 Å². The molecule has 3 heteroatoms. The van der Waals surface area contributed by atoms with Gasteiger partial charge >= 0.3 is 0 Å². The van der Waals surface area contributed by atoms with E-state index in [2.05, 4.69) is 179 Å². The largest absolute Gasteiger partial charge is 0.456 e. The van der Waals surface area contributed by atoms with Crippen molar-refractivity contribution in [3.63, 3.8) is 0 Å². The fraction of sp³-hybridized carbons (Fsp3) is 0.0417. The van der Waals surface area contributed by atoms with Crippen molar-refractivity contribution in [1.29, 1.82) is 0 Å². The molecule has 0 radical (unpaired) electrons. The van der Waals surface area contributed by atoms with E-state index >= 15 is 0 Å². The molecule has 2 atom stereocenters. The zero-order valence-corrected chi connectivity index (χ0v) is 27.8. The number of hydrogen-bond acceptors (Lipinski definition) is 2. The maximum absolute atomic E-state index is 6.17. The van der Waals surface area contributed by atoms with Crippen LogP contribution in [0, 0.1) is 0 Å². The standard InChI is InChI=1S/C48H32N2O/c1-2-10-31(11-3-1)32-18-22-35(23-19-32)49-43-15-7-4-12-37(43)40-28-33(20-25-45(40)49)34-21-26-46-41(29-34)38-13-5-8-16-44(38)50(46)36-24-27-48-42(30-36)39-14-6-9-17-47(39)51-48/h1-30,38,44H. The number of nitrogens with zero attached hydrogens (tertiary/aromatic N) is 2. The zero-order valence-electron chi connectivity index (χ0n) is 27.8.